The normalized spacial score (nSPS) is 24.8. The molecule has 3 aliphatic rings. The van der Waals surface area contributed by atoms with Gasteiger partial charge in [0.05, 0.1) is 17.3 Å². The molecular weight excluding hydrogens is 254 g/mol. The highest BCUT2D eigenvalue weighted by atomic mass is 16.2. The van der Waals surface area contributed by atoms with Gasteiger partial charge in [0.15, 0.2) is 0 Å². The molecule has 0 N–H and O–H groups in total. The molecule has 0 unspecified atom stereocenters. The molecule has 1 aromatic rings. The number of fused-ring (bicyclic) bond motifs is 5. The molecule has 3 heterocycles. The monoisotopic (exact) mass is 269 g/mol. The topological polar surface area (TPSA) is 53.0 Å². The highest BCUT2D eigenvalue weighted by Crippen LogP contribution is 2.34. The lowest BCUT2D eigenvalue weighted by Gasteiger charge is -2.31. The molecule has 20 heavy (non-hydrogen) atoms. The van der Waals surface area contributed by atoms with Crippen LogP contribution in [0.2, 0.25) is 0 Å². The number of anilines is 1. The number of carbonyl (C=O) groups excluding carboxylic acids is 2. The van der Waals surface area contributed by atoms with Crippen LogP contribution in [-0.4, -0.2) is 41.7 Å². The smallest absolute Gasteiger partial charge is 0.256 e. The van der Waals surface area contributed by atoms with Crippen molar-refractivity contribution < 1.29 is 9.59 Å². The Hall–Kier alpha value is -2.17. The summed E-state index contributed by atoms with van der Waals surface area (Å²) in [5.74, 6) is 0.828. The third kappa shape index (κ3) is 1.46. The predicted octanol–water partition coefficient (Wildman–Crippen LogP) is 1.44. The fourth-order valence-electron chi connectivity index (χ4n) is 3.37. The number of amides is 2. The first-order chi connectivity index (χ1) is 9.77. The number of rotatable bonds is 0. The maximum absolute atomic E-state index is 12.7. The minimum absolute atomic E-state index is 0.0213. The molecule has 0 saturated carbocycles. The zero-order chi connectivity index (χ0) is 13.7. The Balaban J connectivity index is 1.97. The summed E-state index contributed by atoms with van der Waals surface area (Å²) in [5.41, 5.74) is 1.30. The summed E-state index contributed by atoms with van der Waals surface area (Å²) in [6.45, 7) is 1.28. The van der Waals surface area contributed by atoms with E-state index in [1.54, 1.807) is 11.0 Å². The molecule has 1 atom stereocenters. The van der Waals surface area contributed by atoms with Crippen LogP contribution in [0.1, 0.15) is 29.6 Å². The summed E-state index contributed by atoms with van der Waals surface area (Å²) in [6, 6.07) is 7.31. The fraction of sp³-hybridized carbons (Fsp3) is 0.400. The third-order valence-electron chi connectivity index (χ3n) is 4.27. The second-order valence-electron chi connectivity index (χ2n) is 5.39. The van der Waals surface area contributed by atoms with Gasteiger partial charge in [0.1, 0.15) is 5.84 Å². The Kier molecular flexibility index (Phi) is 2.42. The number of para-hydroxylation sites is 1. The molecule has 0 aliphatic carbocycles. The van der Waals surface area contributed by atoms with Gasteiger partial charge in [0.2, 0.25) is 5.91 Å². The standard InChI is InChI=1S/C15H15N3O2/c19-13-7-8-16-14-12-6-3-9-17(12)15(20)10-4-1-2-5-11(10)18(13)14/h1-2,4-5,12H,3,6-9H2/t12-/m0/s1. The molecule has 2 amide bonds. The fourth-order valence-corrected chi connectivity index (χ4v) is 3.37. The van der Waals surface area contributed by atoms with Crippen LogP contribution in [0.3, 0.4) is 0 Å². The molecule has 0 radical (unpaired) electrons. The first-order valence-electron chi connectivity index (χ1n) is 7.04. The SMILES string of the molecule is O=C1CCN=C2[C@@H]3CCCN3C(=O)c3ccccc3N12. The van der Waals surface area contributed by atoms with E-state index < -0.39 is 0 Å². The van der Waals surface area contributed by atoms with Gasteiger partial charge in [-0.05, 0) is 25.0 Å². The lowest BCUT2D eigenvalue weighted by molar-refractivity contribution is -0.117. The van der Waals surface area contributed by atoms with Gasteiger partial charge in [-0.2, -0.15) is 0 Å². The Labute approximate surface area is 116 Å². The highest BCUT2D eigenvalue weighted by molar-refractivity contribution is 6.24. The van der Waals surface area contributed by atoms with Crippen LogP contribution >= 0.6 is 0 Å². The Morgan fingerprint density at radius 2 is 2.05 bits per heavy atom. The number of aliphatic imine (C=N–C) groups is 1. The van der Waals surface area contributed by atoms with Crippen LogP contribution < -0.4 is 4.90 Å². The van der Waals surface area contributed by atoms with Gasteiger partial charge in [-0.15, -0.1) is 0 Å². The summed E-state index contributed by atoms with van der Waals surface area (Å²) < 4.78 is 0. The minimum atomic E-state index is -0.0425. The van der Waals surface area contributed by atoms with Crippen LogP contribution in [-0.2, 0) is 4.79 Å². The Morgan fingerprint density at radius 1 is 1.20 bits per heavy atom. The molecule has 3 aliphatic heterocycles. The molecule has 0 spiro atoms. The van der Waals surface area contributed by atoms with E-state index in [-0.39, 0.29) is 17.9 Å². The van der Waals surface area contributed by atoms with E-state index in [1.807, 2.05) is 23.1 Å². The van der Waals surface area contributed by atoms with Crippen molar-refractivity contribution in [2.45, 2.75) is 25.3 Å². The third-order valence-corrected chi connectivity index (χ3v) is 4.27. The van der Waals surface area contributed by atoms with Crippen LogP contribution in [0.5, 0.6) is 0 Å². The summed E-state index contributed by atoms with van der Waals surface area (Å²) in [4.78, 5) is 33.2. The largest absolute Gasteiger partial charge is 0.328 e. The summed E-state index contributed by atoms with van der Waals surface area (Å²) in [5, 5.41) is 0. The minimum Gasteiger partial charge on any atom is -0.328 e. The number of hydrogen-bond donors (Lipinski definition) is 0. The van der Waals surface area contributed by atoms with Crippen molar-refractivity contribution in [3.8, 4) is 0 Å². The van der Waals surface area contributed by atoms with E-state index in [2.05, 4.69) is 4.99 Å². The first-order valence-corrected chi connectivity index (χ1v) is 7.04. The van der Waals surface area contributed by atoms with E-state index in [0.717, 1.165) is 25.2 Å². The Morgan fingerprint density at radius 3 is 2.95 bits per heavy atom. The molecular formula is C15H15N3O2. The van der Waals surface area contributed by atoms with Crippen LogP contribution in [0.4, 0.5) is 5.69 Å². The van der Waals surface area contributed by atoms with Crippen molar-refractivity contribution in [2.75, 3.05) is 18.0 Å². The van der Waals surface area contributed by atoms with E-state index in [1.165, 1.54) is 0 Å². The zero-order valence-electron chi connectivity index (χ0n) is 11.1. The summed E-state index contributed by atoms with van der Waals surface area (Å²) in [6.07, 6.45) is 2.28. The number of hydrogen-bond acceptors (Lipinski definition) is 3. The average Bonchev–Trinajstić information content (AvgIpc) is 2.92. The summed E-state index contributed by atoms with van der Waals surface area (Å²) in [7, 11) is 0. The van der Waals surface area contributed by atoms with Crippen LogP contribution in [0.25, 0.3) is 0 Å². The molecule has 0 aromatic heterocycles. The first kappa shape index (κ1) is 11.6. The molecule has 5 heteroatoms. The molecule has 4 rings (SSSR count). The highest BCUT2D eigenvalue weighted by Gasteiger charge is 2.43. The van der Waals surface area contributed by atoms with E-state index >= 15 is 0 Å². The number of benzene rings is 1. The van der Waals surface area contributed by atoms with Gasteiger partial charge in [-0.25, -0.2) is 0 Å². The molecule has 1 aromatic carbocycles. The second-order valence-corrected chi connectivity index (χ2v) is 5.39. The van der Waals surface area contributed by atoms with Crippen LogP contribution in [0, 0.1) is 0 Å². The predicted molar refractivity (Wildman–Crippen MR) is 74.9 cm³/mol. The quantitative estimate of drug-likeness (QED) is 0.715. The lowest BCUT2D eigenvalue weighted by atomic mass is 10.1. The van der Waals surface area contributed by atoms with E-state index in [9.17, 15) is 9.59 Å². The van der Waals surface area contributed by atoms with Gasteiger partial charge in [-0.1, -0.05) is 12.1 Å². The van der Waals surface area contributed by atoms with Crippen molar-refractivity contribution in [2.24, 2.45) is 4.99 Å². The number of amidine groups is 1. The van der Waals surface area contributed by atoms with Crippen molar-refractivity contribution in [3.63, 3.8) is 0 Å². The second kappa shape index (κ2) is 4.16. The van der Waals surface area contributed by atoms with Gasteiger partial charge < -0.3 is 4.90 Å². The molecule has 1 fully saturated rings. The van der Waals surface area contributed by atoms with Gasteiger partial charge in [-0.3, -0.25) is 19.5 Å². The van der Waals surface area contributed by atoms with Crippen molar-refractivity contribution in [1.82, 2.24) is 4.90 Å². The lowest BCUT2D eigenvalue weighted by Crippen LogP contribution is -2.49. The molecule has 102 valence electrons. The molecule has 1 saturated heterocycles. The van der Waals surface area contributed by atoms with Gasteiger partial charge in [0.25, 0.3) is 5.91 Å². The average molecular weight is 269 g/mol. The molecule has 5 nitrogen and oxygen atoms in total. The van der Waals surface area contributed by atoms with E-state index in [0.29, 0.717) is 24.2 Å². The van der Waals surface area contributed by atoms with Crippen molar-refractivity contribution >= 4 is 23.3 Å². The van der Waals surface area contributed by atoms with Gasteiger partial charge >= 0.3 is 0 Å². The summed E-state index contributed by atoms with van der Waals surface area (Å²) >= 11 is 0. The van der Waals surface area contributed by atoms with Crippen LogP contribution in [0.15, 0.2) is 29.3 Å². The molecule has 0 bridgehead atoms. The Bertz CT molecular complexity index is 638. The number of nitrogens with zero attached hydrogens (tertiary/aromatic N) is 3. The van der Waals surface area contributed by atoms with Crippen molar-refractivity contribution in [3.05, 3.63) is 29.8 Å². The van der Waals surface area contributed by atoms with Gasteiger partial charge in [0, 0.05) is 19.5 Å². The zero-order valence-corrected chi connectivity index (χ0v) is 11.1. The van der Waals surface area contributed by atoms with Crippen molar-refractivity contribution in [1.29, 1.82) is 0 Å². The van der Waals surface area contributed by atoms with E-state index in [4.69, 9.17) is 0 Å². The maximum Gasteiger partial charge on any atom is 0.256 e. The maximum atomic E-state index is 12.7. The number of carbonyl (C=O) groups is 2.